The minimum atomic E-state index is 0.772. The Morgan fingerprint density at radius 1 is 1.15 bits per heavy atom. The molecule has 5 heteroatoms. The van der Waals surface area contributed by atoms with Gasteiger partial charge in [0.15, 0.2) is 5.82 Å². The van der Waals surface area contributed by atoms with Gasteiger partial charge in [-0.05, 0) is 47.7 Å². The van der Waals surface area contributed by atoms with Crippen LogP contribution in [0.25, 0.3) is 11.4 Å². The molecule has 3 nitrogen and oxygen atoms in total. The van der Waals surface area contributed by atoms with Gasteiger partial charge in [0.05, 0.1) is 10.2 Å². The van der Waals surface area contributed by atoms with Crippen LogP contribution >= 0.6 is 27.7 Å². The predicted octanol–water partition coefficient (Wildman–Crippen LogP) is 4.62. The van der Waals surface area contributed by atoms with E-state index in [-0.39, 0.29) is 0 Å². The summed E-state index contributed by atoms with van der Waals surface area (Å²) in [6, 6.07) is 8.35. The Bertz CT molecular complexity index is 584. The fraction of sp³-hybridized carbons (Fsp3) is 0.333. The summed E-state index contributed by atoms with van der Waals surface area (Å²) in [4.78, 5) is 10.5. The minimum Gasteiger partial charge on any atom is -0.369 e. The molecule has 1 N–H and O–H groups in total. The number of halogens is 1. The fourth-order valence-electron chi connectivity index (χ4n) is 1.88. The molecule has 0 fully saturated rings. The van der Waals surface area contributed by atoms with Gasteiger partial charge in [0, 0.05) is 17.0 Å². The van der Waals surface area contributed by atoms with Gasteiger partial charge in [-0.2, -0.15) is 0 Å². The van der Waals surface area contributed by atoms with Gasteiger partial charge in [-0.25, -0.2) is 9.97 Å². The number of aromatic nitrogens is 2. The maximum atomic E-state index is 4.65. The zero-order valence-corrected chi connectivity index (χ0v) is 14.3. The first kappa shape index (κ1) is 15.3. The molecule has 0 saturated heterocycles. The van der Waals surface area contributed by atoms with Crippen molar-refractivity contribution in [2.24, 2.45) is 0 Å². The van der Waals surface area contributed by atoms with Gasteiger partial charge in [0.25, 0.3) is 0 Å². The van der Waals surface area contributed by atoms with E-state index in [0.29, 0.717) is 0 Å². The summed E-state index contributed by atoms with van der Waals surface area (Å²) in [5.41, 5.74) is 2.07. The van der Waals surface area contributed by atoms with E-state index in [1.807, 2.05) is 0 Å². The second-order valence-electron chi connectivity index (χ2n) is 4.27. The fourth-order valence-corrected chi connectivity index (χ4v) is 2.89. The van der Waals surface area contributed by atoms with Crippen molar-refractivity contribution in [3.63, 3.8) is 0 Å². The number of aryl methyl sites for hydroxylation is 1. The largest absolute Gasteiger partial charge is 0.369 e. The molecule has 2 rings (SSSR count). The Balaban J connectivity index is 2.46. The second-order valence-corrected chi connectivity index (χ2v) is 5.94. The summed E-state index contributed by atoms with van der Waals surface area (Å²) in [5, 5.41) is 3.28. The standard InChI is InChI=1S/C15H18BrN3S/c1-4-12-13(16)15(17-5-2)19-14(18-12)10-6-8-11(20-3)9-7-10/h6-9H,4-5H2,1-3H3,(H,17,18,19). The molecule has 0 atom stereocenters. The van der Waals surface area contributed by atoms with Crippen molar-refractivity contribution in [2.45, 2.75) is 25.2 Å². The van der Waals surface area contributed by atoms with Gasteiger partial charge in [-0.15, -0.1) is 11.8 Å². The number of benzene rings is 1. The highest BCUT2D eigenvalue weighted by molar-refractivity contribution is 9.10. The predicted molar refractivity (Wildman–Crippen MR) is 90.5 cm³/mol. The maximum absolute atomic E-state index is 4.65. The second kappa shape index (κ2) is 7.09. The minimum absolute atomic E-state index is 0.772. The summed E-state index contributed by atoms with van der Waals surface area (Å²) >= 11 is 5.31. The van der Waals surface area contributed by atoms with Crippen LogP contribution in [0.4, 0.5) is 5.82 Å². The first-order valence-electron chi connectivity index (χ1n) is 6.64. The zero-order valence-electron chi connectivity index (χ0n) is 11.9. The first-order chi connectivity index (χ1) is 9.69. The third-order valence-electron chi connectivity index (χ3n) is 2.95. The van der Waals surface area contributed by atoms with Crippen LogP contribution in [0.3, 0.4) is 0 Å². The van der Waals surface area contributed by atoms with Gasteiger partial charge in [0.1, 0.15) is 5.82 Å². The van der Waals surface area contributed by atoms with Crippen LogP contribution in [-0.4, -0.2) is 22.8 Å². The average Bonchev–Trinajstić information content (AvgIpc) is 2.49. The van der Waals surface area contributed by atoms with Crippen molar-refractivity contribution in [1.29, 1.82) is 0 Å². The monoisotopic (exact) mass is 351 g/mol. The topological polar surface area (TPSA) is 37.8 Å². The summed E-state index contributed by atoms with van der Waals surface area (Å²) in [5.74, 6) is 1.64. The average molecular weight is 352 g/mol. The summed E-state index contributed by atoms with van der Waals surface area (Å²) in [7, 11) is 0. The highest BCUT2D eigenvalue weighted by atomic mass is 79.9. The molecule has 20 heavy (non-hydrogen) atoms. The molecule has 0 spiro atoms. The van der Waals surface area contributed by atoms with Gasteiger partial charge in [0.2, 0.25) is 0 Å². The van der Waals surface area contributed by atoms with E-state index < -0.39 is 0 Å². The van der Waals surface area contributed by atoms with Crippen LogP contribution in [0.5, 0.6) is 0 Å². The number of hydrogen-bond acceptors (Lipinski definition) is 4. The third-order valence-corrected chi connectivity index (χ3v) is 4.52. The Hall–Kier alpha value is -1.07. The van der Waals surface area contributed by atoms with Gasteiger partial charge >= 0.3 is 0 Å². The molecule has 1 aromatic carbocycles. The van der Waals surface area contributed by atoms with Gasteiger partial charge in [-0.1, -0.05) is 19.1 Å². The molecule has 0 radical (unpaired) electrons. The number of anilines is 1. The lowest BCUT2D eigenvalue weighted by molar-refractivity contribution is 0.984. The highest BCUT2D eigenvalue weighted by Gasteiger charge is 2.11. The molecule has 0 unspecified atom stereocenters. The molecule has 1 heterocycles. The lowest BCUT2D eigenvalue weighted by Crippen LogP contribution is -2.05. The molecular weight excluding hydrogens is 334 g/mol. The van der Waals surface area contributed by atoms with Crippen LogP contribution < -0.4 is 5.32 Å². The number of hydrogen-bond donors (Lipinski definition) is 1. The number of nitrogens with one attached hydrogen (secondary N) is 1. The molecule has 106 valence electrons. The normalized spacial score (nSPS) is 10.6. The lowest BCUT2D eigenvalue weighted by atomic mass is 10.2. The summed E-state index contributed by atoms with van der Waals surface area (Å²) in [6.07, 6.45) is 2.95. The summed E-state index contributed by atoms with van der Waals surface area (Å²) in [6.45, 7) is 5.00. The van der Waals surface area contributed by atoms with Crippen LogP contribution in [0, 0.1) is 0 Å². The Morgan fingerprint density at radius 2 is 1.85 bits per heavy atom. The Kier molecular flexibility index (Phi) is 5.43. The van der Waals surface area contributed by atoms with Crippen molar-refractivity contribution in [3.8, 4) is 11.4 Å². The van der Waals surface area contributed by atoms with Crippen molar-refractivity contribution in [1.82, 2.24) is 9.97 Å². The molecule has 0 aliphatic rings. The molecule has 0 aliphatic heterocycles. The smallest absolute Gasteiger partial charge is 0.161 e. The third kappa shape index (κ3) is 3.33. The number of thioether (sulfide) groups is 1. The van der Waals surface area contributed by atoms with Gasteiger partial charge < -0.3 is 5.32 Å². The van der Waals surface area contributed by atoms with Crippen LogP contribution in [-0.2, 0) is 6.42 Å². The Labute approximate surface area is 132 Å². The lowest BCUT2D eigenvalue weighted by Gasteiger charge is -2.11. The van der Waals surface area contributed by atoms with E-state index in [1.54, 1.807) is 11.8 Å². The zero-order chi connectivity index (χ0) is 14.5. The SMILES string of the molecule is CCNc1nc(-c2ccc(SC)cc2)nc(CC)c1Br. The van der Waals surface area contributed by atoms with E-state index in [2.05, 4.69) is 75.6 Å². The van der Waals surface area contributed by atoms with E-state index >= 15 is 0 Å². The molecule has 2 aromatic rings. The molecule has 0 aliphatic carbocycles. The molecule has 0 amide bonds. The van der Waals surface area contributed by atoms with E-state index in [0.717, 1.165) is 40.3 Å². The van der Waals surface area contributed by atoms with Gasteiger partial charge in [-0.3, -0.25) is 0 Å². The van der Waals surface area contributed by atoms with E-state index in [4.69, 9.17) is 0 Å². The van der Waals surface area contributed by atoms with Crippen molar-refractivity contribution in [3.05, 3.63) is 34.4 Å². The molecule has 0 bridgehead atoms. The summed E-state index contributed by atoms with van der Waals surface area (Å²) < 4.78 is 0.964. The van der Waals surface area contributed by atoms with Crippen LogP contribution in [0.2, 0.25) is 0 Å². The molecule has 1 aromatic heterocycles. The number of rotatable bonds is 5. The van der Waals surface area contributed by atoms with Crippen LogP contribution in [0.1, 0.15) is 19.5 Å². The first-order valence-corrected chi connectivity index (χ1v) is 8.66. The van der Waals surface area contributed by atoms with Crippen molar-refractivity contribution >= 4 is 33.5 Å². The van der Waals surface area contributed by atoms with Crippen LogP contribution in [0.15, 0.2) is 33.6 Å². The quantitative estimate of drug-likeness (QED) is 0.797. The highest BCUT2D eigenvalue weighted by Crippen LogP contribution is 2.28. The van der Waals surface area contributed by atoms with Crippen molar-refractivity contribution in [2.75, 3.05) is 18.1 Å². The number of nitrogens with zero attached hydrogens (tertiary/aromatic N) is 2. The maximum Gasteiger partial charge on any atom is 0.161 e. The van der Waals surface area contributed by atoms with Crippen molar-refractivity contribution < 1.29 is 0 Å². The Morgan fingerprint density at radius 3 is 2.40 bits per heavy atom. The van der Waals surface area contributed by atoms with E-state index in [1.165, 1.54) is 4.90 Å². The molecular formula is C15H18BrN3S. The van der Waals surface area contributed by atoms with E-state index in [9.17, 15) is 0 Å². The molecule has 0 saturated carbocycles.